The summed E-state index contributed by atoms with van der Waals surface area (Å²) in [5.41, 5.74) is 8.82. The lowest BCUT2D eigenvalue weighted by atomic mass is 10.0. The lowest BCUT2D eigenvalue weighted by Crippen LogP contribution is -2.45. The van der Waals surface area contributed by atoms with Gasteiger partial charge in [0, 0.05) is 11.1 Å². The molecule has 0 bridgehead atoms. The van der Waals surface area contributed by atoms with Gasteiger partial charge < -0.3 is 10.5 Å². The minimum atomic E-state index is -1.09. The Labute approximate surface area is 145 Å². The SMILES string of the molecule is CCOC(=O)CN1C(=O)[C@H](N)N=C(c2ccccc2)c2ccccc21. The second-order valence-electron chi connectivity index (χ2n) is 5.54. The van der Waals surface area contributed by atoms with E-state index < -0.39 is 18.0 Å². The van der Waals surface area contributed by atoms with Gasteiger partial charge >= 0.3 is 5.97 Å². The van der Waals surface area contributed by atoms with Crippen LogP contribution in [-0.2, 0) is 14.3 Å². The fraction of sp³-hybridized carbons (Fsp3) is 0.211. The van der Waals surface area contributed by atoms with Crippen LogP contribution in [0.25, 0.3) is 0 Å². The van der Waals surface area contributed by atoms with Gasteiger partial charge in [-0.3, -0.25) is 19.5 Å². The molecule has 6 heteroatoms. The topological polar surface area (TPSA) is 85.0 Å². The minimum absolute atomic E-state index is 0.199. The van der Waals surface area contributed by atoms with Gasteiger partial charge in [-0.15, -0.1) is 0 Å². The average molecular weight is 337 g/mol. The molecule has 6 nitrogen and oxygen atoms in total. The van der Waals surface area contributed by atoms with E-state index in [0.717, 1.165) is 11.1 Å². The molecule has 1 heterocycles. The van der Waals surface area contributed by atoms with Crippen LogP contribution in [-0.4, -0.2) is 36.9 Å². The molecule has 0 saturated carbocycles. The van der Waals surface area contributed by atoms with E-state index in [2.05, 4.69) is 4.99 Å². The van der Waals surface area contributed by atoms with Crippen molar-refractivity contribution in [3.63, 3.8) is 0 Å². The van der Waals surface area contributed by atoms with Crippen LogP contribution in [0.2, 0.25) is 0 Å². The molecule has 2 N–H and O–H groups in total. The molecule has 0 spiro atoms. The Kier molecular flexibility index (Phi) is 4.90. The van der Waals surface area contributed by atoms with Crippen molar-refractivity contribution in [3.05, 3.63) is 65.7 Å². The highest BCUT2D eigenvalue weighted by molar-refractivity contribution is 6.20. The van der Waals surface area contributed by atoms with E-state index in [4.69, 9.17) is 10.5 Å². The quantitative estimate of drug-likeness (QED) is 0.861. The predicted octanol–water partition coefficient (Wildman–Crippen LogP) is 1.72. The van der Waals surface area contributed by atoms with Gasteiger partial charge in [0.2, 0.25) is 0 Å². The van der Waals surface area contributed by atoms with Gasteiger partial charge in [-0.1, -0.05) is 48.5 Å². The zero-order valence-electron chi connectivity index (χ0n) is 13.9. The first-order valence-corrected chi connectivity index (χ1v) is 8.07. The van der Waals surface area contributed by atoms with Crippen molar-refractivity contribution in [2.75, 3.05) is 18.1 Å². The Balaban J connectivity index is 2.10. The van der Waals surface area contributed by atoms with Crippen LogP contribution in [0, 0.1) is 0 Å². The van der Waals surface area contributed by atoms with E-state index in [1.807, 2.05) is 48.5 Å². The van der Waals surface area contributed by atoms with Crippen molar-refractivity contribution < 1.29 is 14.3 Å². The molecule has 0 radical (unpaired) electrons. The zero-order valence-corrected chi connectivity index (χ0v) is 13.9. The van der Waals surface area contributed by atoms with Crippen molar-refractivity contribution >= 4 is 23.3 Å². The Hall–Kier alpha value is -2.99. The fourth-order valence-electron chi connectivity index (χ4n) is 2.78. The summed E-state index contributed by atoms with van der Waals surface area (Å²) < 4.78 is 4.98. The molecule has 0 fully saturated rings. The molecular formula is C19H19N3O3. The normalized spacial score (nSPS) is 16.7. The van der Waals surface area contributed by atoms with Crippen molar-refractivity contribution in [1.82, 2.24) is 0 Å². The minimum Gasteiger partial charge on any atom is -0.465 e. The summed E-state index contributed by atoms with van der Waals surface area (Å²) in [4.78, 5) is 30.4. The van der Waals surface area contributed by atoms with Crippen molar-refractivity contribution in [1.29, 1.82) is 0 Å². The Bertz CT molecular complexity index is 818. The molecule has 1 amide bonds. The van der Waals surface area contributed by atoms with Crippen molar-refractivity contribution in [2.45, 2.75) is 13.1 Å². The molecule has 1 aliphatic rings. The number of rotatable bonds is 4. The van der Waals surface area contributed by atoms with Crippen LogP contribution in [0.5, 0.6) is 0 Å². The monoisotopic (exact) mass is 337 g/mol. The number of esters is 1. The number of anilines is 1. The maximum Gasteiger partial charge on any atom is 0.326 e. The summed E-state index contributed by atoms with van der Waals surface area (Å²) in [6, 6.07) is 16.8. The van der Waals surface area contributed by atoms with Crippen molar-refractivity contribution in [3.8, 4) is 0 Å². The van der Waals surface area contributed by atoms with Gasteiger partial charge in [0.1, 0.15) is 6.54 Å². The molecule has 128 valence electrons. The fourth-order valence-corrected chi connectivity index (χ4v) is 2.78. The highest BCUT2D eigenvalue weighted by atomic mass is 16.5. The van der Waals surface area contributed by atoms with Gasteiger partial charge in [-0.25, -0.2) is 0 Å². The van der Waals surface area contributed by atoms with Crippen LogP contribution >= 0.6 is 0 Å². The number of benzene rings is 2. The van der Waals surface area contributed by atoms with Crippen LogP contribution in [0.3, 0.4) is 0 Å². The number of para-hydroxylation sites is 1. The van der Waals surface area contributed by atoms with Crippen LogP contribution in [0.1, 0.15) is 18.1 Å². The molecule has 1 atom stereocenters. The molecule has 0 aromatic heterocycles. The number of fused-ring (bicyclic) bond motifs is 1. The zero-order chi connectivity index (χ0) is 17.8. The predicted molar refractivity (Wildman–Crippen MR) is 95.5 cm³/mol. The third kappa shape index (κ3) is 3.44. The largest absolute Gasteiger partial charge is 0.465 e. The van der Waals surface area contributed by atoms with E-state index in [0.29, 0.717) is 11.4 Å². The highest BCUT2D eigenvalue weighted by Crippen LogP contribution is 2.27. The standard InChI is InChI=1S/C19H19N3O3/c1-2-25-16(23)12-22-15-11-7-6-10-14(15)17(21-18(20)19(22)24)13-8-4-3-5-9-13/h3-11,18H,2,12,20H2,1H3/t18-/m1/s1. The molecule has 2 aromatic carbocycles. The Morgan fingerprint density at radius 2 is 1.84 bits per heavy atom. The van der Waals surface area contributed by atoms with Gasteiger partial charge in [0.05, 0.1) is 18.0 Å². The van der Waals surface area contributed by atoms with E-state index in [-0.39, 0.29) is 13.2 Å². The lowest BCUT2D eigenvalue weighted by Gasteiger charge is -2.23. The molecule has 3 rings (SSSR count). The molecule has 0 saturated heterocycles. The Morgan fingerprint density at radius 3 is 2.56 bits per heavy atom. The number of carbonyl (C=O) groups is 2. The highest BCUT2D eigenvalue weighted by Gasteiger charge is 2.31. The van der Waals surface area contributed by atoms with Gasteiger partial charge in [0.15, 0.2) is 6.17 Å². The summed E-state index contributed by atoms with van der Waals surface area (Å²) in [5, 5.41) is 0. The van der Waals surface area contributed by atoms with Gasteiger partial charge in [0.25, 0.3) is 5.91 Å². The third-order valence-electron chi connectivity index (χ3n) is 3.88. The third-order valence-corrected chi connectivity index (χ3v) is 3.88. The van der Waals surface area contributed by atoms with Crippen LogP contribution in [0.15, 0.2) is 59.6 Å². The Morgan fingerprint density at radius 1 is 1.16 bits per heavy atom. The van der Waals surface area contributed by atoms with Crippen LogP contribution in [0.4, 0.5) is 5.69 Å². The summed E-state index contributed by atoms with van der Waals surface area (Å²) in [7, 11) is 0. The maximum absolute atomic E-state index is 12.7. The molecule has 1 aliphatic heterocycles. The van der Waals surface area contributed by atoms with E-state index >= 15 is 0 Å². The number of nitrogens with two attached hydrogens (primary N) is 1. The average Bonchev–Trinajstić information content (AvgIpc) is 2.73. The molecule has 25 heavy (non-hydrogen) atoms. The maximum atomic E-state index is 12.7. The number of carbonyl (C=O) groups excluding carboxylic acids is 2. The van der Waals surface area contributed by atoms with Crippen molar-refractivity contribution in [2.24, 2.45) is 10.7 Å². The summed E-state index contributed by atoms with van der Waals surface area (Å²) >= 11 is 0. The number of hydrogen-bond donors (Lipinski definition) is 1. The van der Waals surface area contributed by atoms with Gasteiger partial charge in [-0.05, 0) is 13.0 Å². The first-order chi connectivity index (χ1) is 12.1. The van der Waals surface area contributed by atoms with E-state index in [1.165, 1.54) is 4.90 Å². The van der Waals surface area contributed by atoms with E-state index in [9.17, 15) is 9.59 Å². The second-order valence-corrected chi connectivity index (χ2v) is 5.54. The molecule has 2 aromatic rings. The molecule has 0 unspecified atom stereocenters. The molecular weight excluding hydrogens is 318 g/mol. The second kappa shape index (κ2) is 7.27. The van der Waals surface area contributed by atoms with Crippen LogP contribution < -0.4 is 10.6 Å². The lowest BCUT2D eigenvalue weighted by molar-refractivity contribution is -0.142. The summed E-state index contributed by atoms with van der Waals surface area (Å²) in [6.07, 6.45) is -1.09. The number of benzodiazepines with no additional fused rings is 1. The number of aliphatic imine (C=N–C) groups is 1. The smallest absolute Gasteiger partial charge is 0.326 e. The van der Waals surface area contributed by atoms with E-state index in [1.54, 1.807) is 13.0 Å². The van der Waals surface area contributed by atoms with Gasteiger partial charge in [-0.2, -0.15) is 0 Å². The summed E-state index contributed by atoms with van der Waals surface area (Å²) in [5.74, 6) is -0.924. The number of hydrogen-bond acceptors (Lipinski definition) is 5. The first-order valence-electron chi connectivity index (χ1n) is 8.07. The molecule has 0 aliphatic carbocycles. The number of ether oxygens (including phenoxy) is 1. The number of amides is 1. The summed E-state index contributed by atoms with van der Waals surface area (Å²) in [6.45, 7) is 1.77. The first kappa shape index (κ1) is 16.9. The number of nitrogens with zero attached hydrogens (tertiary/aromatic N) is 2.